The monoisotopic (exact) mass is 305 g/mol. The minimum Gasteiger partial charge on any atom is -0.381 e. The van der Waals surface area contributed by atoms with Gasteiger partial charge in [-0.3, -0.25) is 0 Å². The first kappa shape index (κ1) is 15.3. The van der Waals surface area contributed by atoms with Crippen LogP contribution >= 0.6 is 0 Å². The molecule has 0 aliphatic carbocycles. The molecule has 0 bridgehead atoms. The van der Waals surface area contributed by atoms with Gasteiger partial charge in [-0.25, -0.2) is 0 Å². The summed E-state index contributed by atoms with van der Waals surface area (Å²) >= 11 is 0. The number of rotatable bonds is 5. The molecule has 1 unspecified atom stereocenters. The minimum absolute atomic E-state index is 0.335. The lowest BCUT2D eigenvalue weighted by molar-refractivity contribution is 0.0825. The molecule has 0 spiro atoms. The van der Waals surface area contributed by atoms with Crippen LogP contribution in [0.3, 0.4) is 0 Å². The van der Waals surface area contributed by atoms with E-state index in [1.165, 1.54) is 0 Å². The van der Waals surface area contributed by atoms with Gasteiger partial charge in [-0.05, 0) is 24.1 Å². The maximum Gasteiger partial charge on any atom is 0.140 e. The van der Waals surface area contributed by atoms with Crippen molar-refractivity contribution in [2.24, 2.45) is 0 Å². The van der Waals surface area contributed by atoms with Gasteiger partial charge in [0.15, 0.2) is 0 Å². The third-order valence-electron chi connectivity index (χ3n) is 3.75. The summed E-state index contributed by atoms with van der Waals surface area (Å²) < 4.78 is 5.29. The summed E-state index contributed by atoms with van der Waals surface area (Å²) in [6, 6.07) is 21.4. The topological polar surface area (TPSA) is 46.3 Å². The normalized spacial score (nSPS) is 14.0. The summed E-state index contributed by atoms with van der Waals surface area (Å²) in [5.41, 5.74) is 1.52. The van der Waals surface area contributed by atoms with E-state index in [1.807, 2.05) is 85.8 Å². The first-order valence-corrected chi connectivity index (χ1v) is 7.60. The molecule has 0 aliphatic heterocycles. The highest BCUT2D eigenvalue weighted by atomic mass is 16.5. The van der Waals surface area contributed by atoms with Crippen molar-refractivity contribution in [1.29, 1.82) is 0 Å². The van der Waals surface area contributed by atoms with E-state index in [9.17, 15) is 5.11 Å². The van der Waals surface area contributed by atoms with E-state index < -0.39 is 5.60 Å². The van der Waals surface area contributed by atoms with Crippen LogP contribution in [0.25, 0.3) is 6.08 Å². The van der Waals surface area contributed by atoms with Gasteiger partial charge >= 0.3 is 0 Å². The molecule has 3 aromatic rings. The van der Waals surface area contributed by atoms with Crippen LogP contribution in [0.1, 0.15) is 22.6 Å². The van der Waals surface area contributed by atoms with E-state index in [0.717, 1.165) is 16.8 Å². The number of hydrogen-bond donors (Lipinski definition) is 1. The molecule has 3 heteroatoms. The molecule has 1 N–H and O–H groups in total. The number of hydrogen-bond acceptors (Lipinski definition) is 3. The minimum atomic E-state index is -1.15. The Morgan fingerprint density at radius 3 is 2.30 bits per heavy atom. The van der Waals surface area contributed by atoms with Crippen molar-refractivity contribution in [2.75, 3.05) is 0 Å². The van der Waals surface area contributed by atoms with Crippen LogP contribution in [0.5, 0.6) is 0 Å². The van der Waals surface area contributed by atoms with Gasteiger partial charge in [-0.15, -0.1) is 0 Å². The van der Waals surface area contributed by atoms with E-state index >= 15 is 0 Å². The van der Waals surface area contributed by atoms with Crippen LogP contribution in [0.4, 0.5) is 0 Å². The fourth-order valence-electron chi connectivity index (χ4n) is 2.55. The second kappa shape index (κ2) is 6.63. The second-order valence-electron chi connectivity index (χ2n) is 5.65. The van der Waals surface area contributed by atoms with Gasteiger partial charge in [0.1, 0.15) is 11.4 Å². The predicted octanol–water partition coefficient (Wildman–Crippen LogP) is 4.13. The quantitative estimate of drug-likeness (QED) is 0.771. The SMILES string of the molecule is Cc1cc(CC(O)(C=Cc2ccccc2)c2ccccc2)on1. The Balaban J connectivity index is 1.94. The van der Waals surface area contributed by atoms with Gasteiger partial charge < -0.3 is 9.63 Å². The summed E-state index contributed by atoms with van der Waals surface area (Å²) in [5, 5.41) is 15.1. The standard InChI is InChI=1S/C20H19NO2/c1-16-14-19(23-21-16)15-20(22,18-10-6-3-7-11-18)13-12-17-8-4-2-5-9-17/h2-14,22H,15H2,1H3. The maximum atomic E-state index is 11.2. The highest BCUT2D eigenvalue weighted by molar-refractivity contribution is 5.51. The van der Waals surface area contributed by atoms with Crippen molar-refractivity contribution >= 4 is 6.08 Å². The van der Waals surface area contributed by atoms with Crippen LogP contribution in [-0.2, 0) is 12.0 Å². The Morgan fingerprint density at radius 2 is 1.70 bits per heavy atom. The smallest absolute Gasteiger partial charge is 0.140 e. The molecule has 1 atom stereocenters. The second-order valence-corrected chi connectivity index (χ2v) is 5.65. The Morgan fingerprint density at radius 1 is 1.04 bits per heavy atom. The number of nitrogens with zero attached hydrogens (tertiary/aromatic N) is 1. The highest BCUT2D eigenvalue weighted by Gasteiger charge is 2.28. The van der Waals surface area contributed by atoms with Gasteiger partial charge in [0.25, 0.3) is 0 Å². The molecule has 3 rings (SSSR count). The van der Waals surface area contributed by atoms with E-state index in [2.05, 4.69) is 5.16 Å². The lowest BCUT2D eigenvalue weighted by Crippen LogP contribution is -2.25. The summed E-state index contributed by atoms with van der Waals surface area (Å²) in [5.74, 6) is 0.659. The molecule has 23 heavy (non-hydrogen) atoms. The molecule has 0 radical (unpaired) electrons. The van der Waals surface area contributed by atoms with Crippen LogP contribution in [0.2, 0.25) is 0 Å². The van der Waals surface area contributed by atoms with E-state index in [1.54, 1.807) is 0 Å². The summed E-state index contributed by atoms with van der Waals surface area (Å²) in [6.07, 6.45) is 4.08. The lowest BCUT2D eigenvalue weighted by Gasteiger charge is -2.24. The van der Waals surface area contributed by atoms with Crippen molar-refractivity contribution in [3.05, 3.63) is 95.4 Å². The zero-order chi connectivity index (χ0) is 16.1. The van der Waals surface area contributed by atoms with E-state index in [0.29, 0.717) is 12.2 Å². The van der Waals surface area contributed by atoms with Gasteiger partial charge in [-0.1, -0.05) is 71.9 Å². The summed E-state index contributed by atoms with van der Waals surface area (Å²) in [7, 11) is 0. The molecule has 0 saturated carbocycles. The van der Waals surface area contributed by atoms with E-state index in [-0.39, 0.29) is 0 Å². The molecule has 3 nitrogen and oxygen atoms in total. The fraction of sp³-hybridized carbons (Fsp3) is 0.150. The molecule has 0 aliphatic rings. The highest BCUT2D eigenvalue weighted by Crippen LogP contribution is 2.28. The third-order valence-corrected chi connectivity index (χ3v) is 3.75. The molecule has 1 heterocycles. The first-order chi connectivity index (χ1) is 11.2. The fourth-order valence-corrected chi connectivity index (χ4v) is 2.55. The summed E-state index contributed by atoms with van der Waals surface area (Å²) in [4.78, 5) is 0. The van der Waals surface area contributed by atoms with Gasteiger partial charge in [0.2, 0.25) is 0 Å². The molecular formula is C20H19NO2. The average Bonchev–Trinajstić information content (AvgIpc) is 2.99. The Hall–Kier alpha value is -2.65. The molecule has 116 valence electrons. The molecule has 2 aromatic carbocycles. The molecule has 0 saturated heterocycles. The zero-order valence-electron chi connectivity index (χ0n) is 13.0. The largest absolute Gasteiger partial charge is 0.381 e. The van der Waals surface area contributed by atoms with Crippen LogP contribution in [0, 0.1) is 6.92 Å². The number of aromatic nitrogens is 1. The van der Waals surface area contributed by atoms with Crippen molar-refractivity contribution in [3.63, 3.8) is 0 Å². The predicted molar refractivity (Wildman–Crippen MR) is 90.8 cm³/mol. The average molecular weight is 305 g/mol. The molecule has 0 amide bonds. The van der Waals surface area contributed by atoms with Crippen LogP contribution in [0.15, 0.2) is 77.3 Å². The lowest BCUT2D eigenvalue weighted by atomic mass is 9.88. The third kappa shape index (κ3) is 3.76. The van der Waals surface area contributed by atoms with Gasteiger partial charge in [0, 0.05) is 12.5 Å². The van der Waals surface area contributed by atoms with Gasteiger partial charge in [-0.2, -0.15) is 0 Å². The molecule has 1 aromatic heterocycles. The van der Waals surface area contributed by atoms with Crippen LogP contribution in [-0.4, -0.2) is 10.3 Å². The zero-order valence-corrected chi connectivity index (χ0v) is 13.0. The Labute approximate surface area is 135 Å². The Kier molecular flexibility index (Phi) is 4.40. The Bertz CT molecular complexity index is 778. The number of benzene rings is 2. The maximum absolute atomic E-state index is 11.2. The van der Waals surface area contributed by atoms with Crippen molar-refractivity contribution in [3.8, 4) is 0 Å². The molecule has 0 fully saturated rings. The van der Waals surface area contributed by atoms with E-state index in [4.69, 9.17) is 4.52 Å². The van der Waals surface area contributed by atoms with Crippen molar-refractivity contribution in [1.82, 2.24) is 5.16 Å². The van der Waals surface area contributed by atoms with Crippen molar-refractivity contribution < 1.29 is 9.63 Å². The first-order valence-electron chi connectivity index (χ1n) is 7.60. The van der Waals surface area contributed by atoms with Crippen molar-refractivity contribution in [2.45, 2.75) is 18.9 Å². The van der Waals surface area contributed by atoms with Gasteiger partial charge in [0.05, 0.1) is 5.69 Å². The molecular weight excluding hydrogens is 286 g/mol. The number of aryl methyl sites for hydroxylation is 1. The number of aliphatic hydroxyl groups is 1. The summed E-state index contributed by atoms with van der Waals surface area (Å²) in [6.45, 7) is 1.87. The van der Waals surface area contributed by atoms with Crippen LogP contribution < -0.4 is 0 Å².